The molecule has 0 fully saturated rings. The lowest BCUT2D eigenvalue weighted by Gasteiger charge is -2.01. The van der Waals surface area contributed by atoms with E-state index in [0.29, 0.717) is 12.3 Å². The lowest BCUT2D eigenvalue weighted by Crippen LogP contribution is -2.03. The van der Waals surface area contributed by atoms with Crippen LogP contribution in [0.1, 0.15) is 27.7 Å². The molecule has 2 aromatic rings. The molecule has 0 aromatic carbocycles. The molecule has 0 radical (unpaired) electrons. The van der Waals surface area contributed by atoms with Gasteiger partial charge in [-0.25, -0.2) is 4.79 Å². The summed E-state index contributed by atoms with van der Waals surface area (Å²) in [6, 6.07) is 3.09. The van der Waals surface area contributed by atoms with Crippen molar-refractivity contribution < 1.29 is 14.3 Å². The van der Waals surface area contributed by atoms with Crippen LogP contribution in [0.3, 0.4) is 0 Å². The second-order valence-corrected chi connectivity index (χ2v) is 4.51. The number of rotatable bonds is 3. The summed E-state index contributed by atoms with van der Waals surface area (Å²) in [7, 11) is 0. The molecule has 0 saturated carbocycles. The van der Waals surface area contributed by atoms with Crippen LogP contribution < -0.4 is 0 Å². The fourth-order valence-corrected chi connectivity index (χ4v) is 1.84. The first-order valence-electron chi connectivity index (χ1n) is 5.00. The first-order chi connectivity index (χ1) is 7.99. The van der Waals surface area contributed by atoms with Crippen molar-refractivity contribution in [1.82, 2.24) is 9.78 Å². The summed E-state index contributed by atoms with van der Waals surface area (Å²) < 4.78 is 7.91. The third-order valence-corrected chi connectivity index (χ3v) is 3.62. The maximum absolute atomic E-state index is 10.7. The standard InChI is InChI=1S/C11H11BrN2O3/c1-6-10(12)7(2)14(13-6)5-8-3-4-9(17-8)11(15)16/h3-4H,5H2,1-2H3,(H,15,16). The summed E-state index contributed by atoms with van der Waals surface area (Å²) in [5.41, 5.74) is 1.88. The zero-order valence-corrected chi connectivity index (χ0v) is 11.0. The number of carbonyl (C=O) groups is 1. The molecule has 90 valence electrons. The van der Waals surface area contributed by atoms with Crippen LogP contribution in [0.15, 0.2) is 21.0 Å². The Kier molecular flexibility index (Phi) is 3.06. The summed E-state index contributed by atoms with van der Waals surface area (Å²) in [6.07, 6.45) is 0. The van der Waals surface area contributed by atoms with Gasteiger partial charge in [-0.05, 0) is 41.9 Å². The highest BCUT2D eigenvalue weighted by molar-refractivity contribution is 9.10. The molecule has 2 rings (SSSR count). The minimum Gasteiger partial charge on any atom is -0.475 e. The topological polar surface area (TPSA) is 68.3 Å². The monoisotopic (exact) mass is 298 g/mol. The van der Waals surface area contributed by atoms with Crippen molar-refractivity contribution in [3.8, 4) is 0 Å². The molecule has 0 aliphatic carbocycles. The number of hydrogen-bond acceptors (Lipinski definition) is 3. The number of carboxylic acid groups (broad SMARTS) is 1. The van der Waals surface area contributed by atoms with E-state index in [2.05, 4.69) is 21.0 Å². The third kappa shape index (κ3) is 2.26. The minimum atomic E-state index is -1.06. The highest BCUT2D eigenvalue weighted by Crippen LogP contribution is 2.21. The number of furan rings is 1. The number of aromatic nitrogens is 2. The van der Waals surface area contributed by atoms with E-state index in [9.17, 15) is 4.79 Å². The normalized spacial score (nSPS) is 10.8. The number of aryl methyl sites for hydroxylation is 1. The van der Waals surface area contributed by atoms with Gasteiger partial charge in [-0.2, -0.15) is 5.10 Å². The molecule has 0 amide bonds. The Labute approximate surface area is 106 Å². The molecular formula is C11H11BrN2O3. The zero-order valence-electron chi connectivity index (χ0n) is 9.40. The van der Waals surface area contributed by atoms with Gasteiger partial charge in [-0.1, -0.05) is 0 Å². The molecule has 0 aliphatic heterocycles. The number of carboxylic acids is 1. The van der Waals surface area contributed by atoms with Gasteiger partial charge in [-0.3, -0.25) is 4.68 Å². The number of nitrogens with zero attached hydrogens (tertiary/aromatic N) is 2. The SMILES string of the molecule is Cc1nn(Cc2ccc(C(=O)O)o2)c(C)c1Br. The van der Waals surface area contributed by atoms with Gasteiger partial charge in [0.1, 0.15) is 5.76 Å². The average Bonchev–Trinajstić information content (AvgIpc) is 2.82. The minimum absolute atomic E-state index is 0.0550. The molecular weight excluding hydrogens is 288 g/mol. The van der Waals surface area contributed by atoms with Crippen LogP contribution >= 0.6 is 15.9 Å². The van der Waals surface area contributed by atoms with Crippen molar-refractivity contribution in [2.75, 3.05) is 0 Å². The summed E-state index contributed by atoms with van der Waals surface area (Å²) in [5.74, 6) is -0.549. The highest BCUT2D eigenvalue weighted by Gasteiger charge is 2.12. The van der Waals surface area contributed by atoms with E-state index in [0.717, 1.165) is 15.9 Å². The zero-order chi connectivity index (χ0) is 12.6. The molecule has 2 heterocycles. The van der Waals surface area contributed by atoms with Gasteiger partial charge in [0.15, 0.2) is 0 Å². The van der Waals surface area contributed by atoms with Crippen molar-refractivity contribution in [1.29, 1.82) is 0 Å². The lowest BCUT2D eigenvalue weighted by atomic mass is 10.4. The molecule has 1 N–H and O–H groups in total. The van der Waals surface area contributed by atoms with Crippen LogP contribution in [-0.4, -0.2) is 20.9 Å². The van der Waals surface area contributed by atoms with Crippen LogP contribution in [0.5, 0.6) is 0 Å². The molecule has 0 aliphatic rings. The Morgan fingerprint density at radius 2 is 2.24 bits per heavy atom. The molecule has 2 aromatic heterocycles. The van der Waals surface area contributed by atoms with E-state index in [-0.39, 0.29) is 5.76 Å². The second-order valence-electron chi connectivity index (χ2n) is 3.71. The van der Waals surface area contributed by atoms with E-state index < -0.39 is 5.97 Å². The van der Waals surface area contributed by atoms with E-state index >= 15 is 0 Å². The number of aromatic carboxylic acids is 1. The third-order valence-electron chi connectivity index (χ3n) is 2.47. The molecule has 17 heavy (non-hydrogen) atoms. The van der Waals surface area contributed by atoms with Crippen LogP contribution in [-0.2, 0) is 6.54 Å². The van der Waals surface area contributed by atoms with E-state index in [1.807, 2.05) is 13.8 Å². The Morgan fingerprint density at radius 3 is 2.71 bits per heavy atom. The lowest BCUT2D eigenvalue weighted by molar-refractivity contribution is 0.0660. The van der Waals surface area contributed by atoms with Gasteiger partial charge in [0, 0.05) is 0 Å². The van der Waals surface area contributed by atoms with Crippen molar-refractivity contribution in [2.45, 2.75) is 20.4 Å². The maximum Gasteiger partial charge on any atom is 0.371 e. The van der Waals surface area contributed by atoms with E-state index in [4.69, 9.17) is 9.52 Å². The fraction of sp³-hybridized carbons (Fsp3) is 0.273. The van der Waals surface area contributed by atoms with Gasteiger partial charge in [0.25, 0.3) is 0 Å². The van der Waals surface area contributed by atoms with Gasteiger partial charge in [0.05, 0.1) is 22.4 Å². The van der Waals surface area contributed by atoms with Crippen LogP contribution in [0.25, 0.3) is 0 Å². The van der Waals surface area contributed by atoms with E-state index in [1.54, 1.807) is 10.7 Å². The van der Waals surface area contributed by atoms with Crippen molar-refractivity contribution >= 4 is 21.9 Å². The number of hydrogen-bond donors (Lipinski definition) is 1. The quantitative estimate of drug-likeness (QED) is 0.946. The van der Waals surface area contributed by atoms with Crippen LogP contribution in [0.2, 0.25) is 0 Å². The predicted octanol–water partition coefficient (Wildman–Crippen LogP) is 2.60. The Bertz CT molecular complexity index is 571. The summed E-state index contributed by atoms with van der Waals surface area (Å²) in [5, 5.41) is 13.1. The van der Waals surface area contributed by atoms with Crippen molar-refractivity contribution in [3.63, 3.8) is 0 Å². The molecule has 0 saturated heterocycles. The highest BCUT2D eigenvalue weighted by atomic mass is 79.9. The van der Waals surface area contributed by atoms with Gasteiger partial charge in [0.2, 0.25) is 5.76 Å². The predicted molar refractivity (Wildman–Crippen MR) is 64.2 cm³/mol. The molecule has 0 spiro atoms. The van der Waals surface area contributed by atoms with Crippen LogP contribution in [0, 0.1) is 13.8 Å². The first kappa shape index (κ1) is 11.9. The van der Waals surface area contributed by atoms with Gasteiger partial charge >= 0.3 is 5.97 Å². The van der Waals surface area contributed by atoms with Gasteiger partial charge in [-0.15, -0.1) is 0 Å². The average molecular weight is 299 g/mol. The smallest absolute Gasteiger partial charge is 0.371 e. The Balaban J connectivity index is 2.25. The first-order valence-corrected chi connectivity index (χ1v) is 5.80. The molecule has 6 heteroatoms. The molecule has 0 bridgehead atoms. The summed E-state index contributed by atoms with van der Waals surface area (Å²) in [6.45, 7) is 4.26. The Morgan fingerprint density at radius 1 is 1.53 bits per heavy atom. The van der Waals surface area contributed by atoms with E-state index in [1.165, 1.54) is 6.07 Å². The largest absolute Gasteiger partial charge is 0.475 e. The van der Waals surface area contributed by atoms with Crippen molar-refractivity contribution in [2.24, 2.45) is 0 Å². The molecule has 0 atom stereocenters. The Hall–Kier alpha value is -1.56. The molecule has 0 unspecified atom stereocenters. The molecule has 5 nitrogen and oxygen atoms in total. The summed E-state index contributed by atoms with van der Waals surface area (Å²) >= 11 is 3.43. The van der Waals surface area contributed by atoms with Crippen LogP contribution in [0.4, 0.5) is 0 Å². The van der Waals surface area contributed by atoms with Crippen molar-refractivity contribution in [3.05, 3.63) is 39.5 Å². The number of halogens is 1. The summed E-state index contributed by atoms with van der Waals surface area (Å²) in [4.78, 5) is 10.7. The van der Waals surface area contributed by atoms with Gasteiger partial charge < -0.3 is 9.52 Å². The maximum atomic E-state index is 10.7. The second kappa shape index (κ2) is 4.37. The fourth-order valence-electron chi connectivity index (χ4n) is 1.55.